The zero-order valence-electron chi connectivity index (χ0n) is 19.0. The summed E-state index contributed by atoms with van der Waals surface area (Å²) in [6, 6.07) is 20.5. The van der Waals surface area contributed by atoms with Gasteiger partial charge in [-0.25, -0.2) is 4.98 Å². The number of carbonyl (C=O) groups excluding carboxylic acids is 1. The summed E-state index contributed by atoms with van der Waals surface area (Å²) in [6.07, 6.45) is 0. The SMILES string of the molecule is COc1ccc(-c2nc(C(=O)NCc3ccc(Cl)cc3Cl)cc3c2[nH]c2ccccc23)cc1OC. The molecule has 0 saturated heterocycles. The number of H-pyrrole nitrogens is 1. The number of amides is 1. The maximum absolute atomic E-state index is 13.2. The molecular formula is C27H21Cl2N3O3. The minimum atomic E-state index is -0.315. The van der Waals surface area contributed by atoms with Gasteiger partial charge in [-0.15, -0.1) is 0 Å². The third kappa shape index (κ3) is 4.38. The Balaban J connectivity index is 1.61. The van der Waals surface area contributed by atoms with Gasteiger partial charge in [0.05, 0.1) is 25.4 Å². The molecule has 0 fully saturated rings. The molecule has 0 atom stereocenters. The van der Waals surface area contributed by atoms with E-state index < -0.39 is 0 Å². The van der Waals surface area contributed by atoms with Crippen molar-refractivity contribution in [1.29, 1.82) is 0 Å². The smallest absolute Gasteiger partial charge is 0.270 e. The molecule has 0 aliphatic carbocycles. The molecule has 0 bridgehead atoms. The Hall–Kier alpha value is -3.74. The van der Waals surface area contributed by atoms with E-state index >= 15 is 0 Å². The summed E-state index contributed by atoms with van der Waals surface area (Å²) in [4.78, 5) is 21.4. The van der Waals surface area contributed by atoms with Gasteiger partial charge in [0.15, 0.2) is 11.5 Å². The normalized spacial score (nSPS) is 11.1. The van der Waals surface area contributed by atoms with Crippen molar-refractivity contribution in [2.75, 3.05) is 14.2 Å². The summed E-state index contributed by atoms with van der Waals surface area (Å²) >= 11 is 12.3. The fourth-order valence-electron chi connectivity index (χ4n) is 4.09. The summed E-state index contributed by atoms with van der Waals surface area (Å²) in [7, 11) is 3.17. The van der Waals surface area contributed by atoms with Gasteiger partial charge in [0.25, 0.3) is 5.91 Å². The van der Waals surface area contributed by atoms with Crippen LogP contribution in [0.2, 0.25) is 10.0 Å². The number of hydrogen-bond acceptors (Lipinski definition) is 4. The summed E-state index contributed by atoms with van der Waals surface area (Å²) in [6.45, 7) is 0.244. The van der Waals surface area contributed by atoms with Gasteiger partial charge in [0, 0.05) is 38.4 Å². The molecule has 2 N–H and O–H groups in total. The fraction of sp³-hybridized carbons (Fsp3) is 0.111. The highest BCUT2D eigenvalue weighted by Gasteiger charge is 2.18. The number of pyridine rings is 1. The number of benzene rings is 3. The number of hydrogen-bond donors (Lipinski definition) is 2. The number of halogens is 2. The van der Waals surface area contributed by atoms with Crippen molar-refractivity contribution in [3.63, 3.8) is 0 Å². The van der Waals surface area contributed by atoms with Crippen LogP contribution in [0.4, 0.5) is 0 Å². The summed E-state index contributed by atoms with van der Waals surface area (Å²) in [5.74, 6) is 0.867. The molecule has 2 heterocycles. The van der Waals surface area contributed by atoms with Crippen LogP contribution in [0, 0.1) is 0 Å². The van der Waals surface area contributed by atoms with Crippen LogP contribution in [-0.2, 0) is 6.54 Å². The Kier molecular flexibility index (Phi) is 6.24. The molecule has 2 aromatic heterocycles. The Morgan fingerprint density at radius 1 is 0.943 bits per heavy atom. The zero-order chi connectivity index (χ0) is 24.5. The molecule has 0 unspecified atom stereocenters. The van der Waals surface area contributed by atoms with Gasteiger partial charge >= 0.3 is 0 Å². The van der Waals surface area contributed by atoms with Crippen molar-refractivity contribution >= 4 is 50.9 Å². The number of rotatable bonds is 6. The van der Waals surface area contributed by atoms with Crippen molar-refractivity contribution in [3.8, 4) is 22.8 Å². The van der Waals surface area contributed by atoms with Gasteiger partial charge in [-0.05, 0) is 48.0 Å². The Labute approximate surface area is 211 Å². The highest BCUT2D eigenvalue weighted by Crippen LogP contribution is 2.36. The van der Waals surface area contributed by atoms with Crippen LogP contribution in [0.3, 0.4) is 0 Å². The second-order valence-corrected chi connectivity index (χ2v) is 8.78. The zero-order valence-corrected chi connectivity index (χ0v) is 20.5. The molecule has 5 rings (SSSR count). The first-order valence-electron chi connectivity index (χ1n) is 10.8. The topological polar surface area (TPSA) is 76.2 Å². The number of methoxy groups -OCH3 is 2. The molecular weight excluding hydrogens is 485 g/mol. The first-order chi connectivity index (χ1) is 17.0. The van der Waals surface area contributed by atoms with E-state index in [1.807, 2.05) is 42.5 Å². The monoisotopic (exact) mass is 505 g/mol. The average molecular weight is 506 g/mol. The highest BCUT2D eigenvalue weighted by atomic mass is 35.5. The number of nitrogens with zero attached hydrogens (tertiary/aromatic N) is 1. The molecule has 8 heteroatoms. The van der Waals surface area contributed by atoms with Gasteiger partial charge in [-0.3, -0.25) is 4.79 Å². The molecule has 5 aromatic rings. The van der Waals surface area contributed by atoms with E-state index in [9.17, 15) is 4.79 Å². The Morgan fingerprint density at radius 2 is 1.74 bits per heavy atom. The van der Waals surface area contributed by atoms with Gasteiger partial charge in [0.1, 0.15) is 5.69 Å². The van der Waals surface area contributed by atoms with Crippen molar-refractivity contribution in [2.24, 2.45) is 0 Å². The predicted octanol–water partition coefficient (Wildman–Crippen LogP) is 6.64. The minimum absolute atomic E-state index is 0.244. The van der Waals surface area contributed by atoms with Crippen molar-refractivity contribution in [3.05, 3.63) is 88.0 Å². The molecule has 6 nitrogen and oxygen atoms in total. The number of nitrogens with one attached hydrogen (secondary N) is 2. The third-order valence-electron chi connectivity index (χ3n) is 5.84. The van der Waals surface area contributed by atoms with Crippen molar-refractivity contribution in [1.82, 2.24) is 15.3 Å². The number of fused-ring (bicyclic) bond motifs is 3. The van der Waals surface area contributed by atoms with Crippen LogP contribution in [0.25, 0.3) is 33.1 Å². The van der Waals surface area contributed by atoms with E-state index in [4.69, 9.17) is 37.7 Å². The Morgan fingerprint density at radius 3 is 2.51 bits per heavy atom. The van der Waals surface area contributed by atoms with E-state index in [0.29, 0.717) is 27.2 Å². The molecule has 3 aromatic carbocycles. The fourth-order valence-corrected chi connectivity index (χ4v) is 4.56. The molecule has 0 aliphatic rings. The van der Waals surface area contributed by atoms with Gasteiger partial charge in [-0.1, -0.05) is 47.5 Å². The number of ether oxygens (including phenoxy) is 2. The highest BCUT2D eigenvalue weighted by molar-refractivity contribution is 6.35. The minimum Gasteiger partial charge on any atom is -0.493 e. The lowest BCUT2D eigenvalue weighted by molar-refractivity contribution is 0.0946. The first kappa shape index (κ1) is 23.0. The molecule has 0 saturated carbocycles. The van der Waals surface area contributed by atoms with Gasteiger partial charge in [0.2, 0.25) is 0 Å². The summed E-state index contributed by atoms with van der Waals surface area (Å²) in [5, 5.41) is 5.84. The van der Waals surface area contributed by atoms with Crippen LogP contribution in [0.15, 0.2) is 66.7 Å². The molecule has 1 amide bonds. The van der Waals surface area contributed by atoms with Crippen molar-refractivity contribution in [2.45, 2.75) is 6.54 Å². The summed E-state index contributed by atoms with van der Waals surface area (Å²) in [5.41, 5.74) is 4.26. The van der Waals surface area contributed by atoms with Gasteiger partial charge in [-0.2, -0.15) is 0 Å². The maximum Gasteiger partial charge on any atom is 0.270 e. The first-order valence-corrected chi connectivity index (χ1v) is 11.6. The van der Waals surface area contributed by atoms with E-state index in [-0.39, 0.29) is 18.1 Å². The lowest BCUT2D eigenvalue weighted by Crippen LogP contribution is -2.24. The Bertz CT molecular complexity index is 1580. The molecule has 35 heavy (non-hydrogen) atoms. The van der Waals surface area contributed by atoms with Crippen molar-refractivity contribution < 1.29 is 14.3 Å². The van der Waals surface area contributed by atoms with E-state index in [2.05, 4.69) is 10.3 Å². The van der Waals surface area contributed by atoms with Crippen LogP contribution in [-0.4, -0.2) is 30.1 Å². The number of carbonyl (C=O) groups is 1. The number of aromatic nitrogens is 2. The lowest BCUT2D eigenvalue weighted by atomic mass is 10.1. The molecule has 0 spiro atoms. The van der Waals surface area contributed by atoms with E-state index in [1.165, 1.54) is 0 Å². The van der Waals surface area contributed by atoms with Crippen LogP contribution >= 0.6 is 23.2 Å². The molecule has 0 radical (unpaired) electrons. The van der Waals surface area contributed by atoms with E-state index in [0.717, 1.165) is 32.9 Å². The van der Waals surface area contributed by atoms with E-state index in [1.54, 1.807) is 38.5 Å². The van der Waals surface area contributed by atoms with Crippen LogP contribution < -0.4 is 14.8 Å². The van der Waals surface area contributed by atoms with Crippen LogP contribution in [0.1, 0.15) is 16.1 Å². The summed E-state index contributed by atoms with van der Waals surface area (Å²) < 4.78 is 10.9. The maximum atomic E-state index is 13.2. The largest absolute Gasteiger partial charge is 0.493 e. The van der Waals surface area contributed by atoms with Gasteiger partial charge < -0.3 is 19.8 Å². The molecule has 0 aliphatic heterocycles. The second-order valence-electron chi connectivity index (χ2n) is 7.94. The second kappa shape index (κ2) is 9.49. The quantitative estimate of drug-likeness (QED) is 0.271. The standard InChI is InChI=1S/C27H21Cl2N3O3/c1-34-23-10-8-15(11-24(23)35-2)25-26-19(18-5-3-4-6-21(18)31-26)13-22(32-25)27(33)30-14-16-7-9-17(28)12-20(16)29/h3-13,31H,14H2,1-2H3,(H,30,33). The third-order valence-corrected chi connectivity index (χ3v) is 6.43. The number of aromatic amines is 1. The predicted molar refractivity (Wildman–Crippen MR) is 140 cm³/mol. The molecule has 176 valence electrons. The average Bonchev–Trinajstić information content (AvgIpc) is 3.25. The lowest BCUT2D eigenvalue weighted by Gasteiger charge is -2.12. The number of para-hydroxylation sites is 1. The van der Waals surface area contributed by atoms with Crippen LogP contribution in [0.5, 0.6) is 11.5 Å².